The molecular weight excluding hydrogens is 212 g/mol. The number of nitrogens with one attached hydrogen (secondary N) is 1. The Kier molecular flexibility index (Phi) is 4.41. The predicted molar refractivity (Wildman–Crippen MR) is 56.1 cm³/mol. The van der Waals surface area contributed by atoms with Gasteiger partial charge in [-0.25, -0.2) is 9.78 Å². The van der Waals surface area contributed by atoms with Gasteiger partial charge in [0.1, 0.15) is 19.0 Å². The molecule has 0 saturated heterocycles. The van der Waals surface area contributed by atoms with Gasteiger partial charge >= 0.3 is 5.97 Å². The molecule has 1 amide bonds. The molecule has 0 aliphatic rings. The van der Waals surface area contributed by atoms with E-state index in [9.17, 15) is 9.59 Å². The molecule has 0 aliphatic carbocycles. The SMILES string of the molecule is Cc1cccc(NC(=O)COCC(=O)O)n1. The van der Waals surface area contributed by atoms with E-state index in [0.29, 0.717) is 5.82 Å². The first-order valence-electron chi connectivity index (χ1n) is 4.61. The van der Waals surface area contributed by atoms with Crippen LogP contribution >= 0.6 is 0 Å². The molecular formula is C10H12N2O4. The molecule has 6 heteroatoms. The van der Waals surface area contributed by atoms with Crippen LogP contribution in [0.1, 0.15) is 5.69 Å². The van der Waals surface area contributed by atoms with Crippen molar-refractivity contribution in [3.63, 3.8) is 0 Å². The third kappa shape index (κ3) is 4.52. The summed E-state index contributed by atoms with van der Waals surface area (Å²) in [5.41, 5.74) is 0.782. The van der Waals surface area contributed by atoms with Crippen molar-refractivity contribution >= 4 is 17.7 Å². The van der Waals surface area contributed by atoms with Crippen molar-refractivity contribution in [2.24, 2.45) is 0 Å². The van der Waals surface area contributed by atoms with Gasteiger partial charge in [-0.1, -0.05) is 6.07 Å². The Morgan fingerprint density at radius 1 is 1.44 bits per heavy atom. The van der Waals surface area contributed by atoms with E-state index in [4.69, 9.17) is 5.11 Å². The number of pyridine rings is 1. The summed E-state index contributed by atoms with van der Waals surface area (Å²) >= 11 is 0. The van der Waals surface area contributed by atoms with E-state index in [-0.39, 0.29) is 6.61 Å². The van der Waals surface area contributed by atoms with Crippen molar-refractivity contribution < 1.29 is 19.4 Å². The number of hydrogen-bond acceptors (Lipinski definition) is 4. The van der Waals surface area contributed by atoms with E-state index in [0.717, 1.165) is 5.69 Å². The van der Waals surface area contributed by atoms with E-state index >= 15 is 0 Å². The summed E-state index contributed by atoms with van der Waals surface area (Å²) in [6.07, 6.45) is 0. The summed E-state index contributed by atoms with van der Waals surface area (Å²) in [6.45, 7) is 1.01. The van der Waals surface area contributed by atoms with Gasteiger partial charge in [0.05, 0.1) is 0 Å². The Morgan fingerprint density at radius 2 is 2.19 bits per heavy atom. The Balaban J connectivity index is 2.37. The Labute approximate surface area is 92.3 Å². The van der Waals surface area contributed by atoms with Crippen molar-refractivity contribution in [1.82, 2.24) is 4.98 Å². The molecule has 1 aromatic rings. The molecule has 1 aromatic heterocycles. The Bertz CT molecular complexity index is 392. The highest BCUT2D eigenvalue weighted by Crippen LogP contribution is 2.03. The van der Waals surface area contributed by atoms with Crippen LogP contribution < -0.4 is 5.32 Å². The van der Waals surface area contributed by atoms with Crippen LogP contribution in [-0.2, 0) is 14.3 Å². The molecule has 16 heavy (non-hydrogen) atoms. The molecule has 0 atom stereocenters. The Hall–Kier alpha value is -1.95. The number of carbonyl (C=O) groups excluding carboxylic acids is 1. The number of aryl methyl sites for hydroxylation is 1. The number of aliphatic carboxylic acids is 1. The lowest BCUT2D eigenvalue weighted by Gasteiger charge is -2.04. The number of nitrogens with zero attached hydrogens (tertiary/aromatic N) is 1. The topological polar surface area (TPSA) is 88.5 Å². The second kappa shape index (κ2) is 5.82. The maximum atomic E-state index is 11.2. The van der Waals surface area contributed by atoms with Gasteiger partial charge in [0, 0.05) is 5.69 Å². The second-order valence-corrected chi connectivity index (χ2v) is 3.10. The van der Waals surface area contributed by atoms with Crippen LogP contribution in [-0.4, -0.2) is 35.2 Å². The third-order valence-electron chi connectivity index (χ3n) is 1.61. The maximum Gasteiger partial charge on any atom is 0.329 e. The van der Waals surface area contributed by atoms with Crippen LogP contribution in [0.2, 0.25) is 0 Å². The minimum absolute atomic E-state index is 0.304. The van der Waals surface area contributed by atoms with Crippen LogP contribution in [0.5, 0.6) is 0 Å². The average molecular weight is 224 g/mol. The first-order chi connectivity index (χ1) is 7.58. The summed E-state index contributed by atoms with van der Waals surface area (Å²) in [6, 6.07) is 5.20. The largest absolute Gasteiger partial charge is 0.480 e. The summed E-state index contributed by atoms with van der Waals surface area (Å²) in [5.74, 6) is -1.12. The summed E-state index contributed by atoms with van der Waals surface area (Å²) < 4.78 is 4.62. The molecule has 1 heterocycles. The Morgan fingerprint density at radius 3 is 2.81 bits per heavy atom. The fraction of sp³-hybridized carbons (Fsp3) is 0.300. The van der Waals surface area contributed by atoms with Crippen molar-refractivity contribution in [1.29, 1.82) is 0 Å². The lowest BCUT2D eigenvalue weighted by Crippen LogP contribution is -2.21. The quantitative estimate of drug-likeness (QED) is 0.757. The second-order valence-electron chi connectivity index (χ2n) is 3.10. The number of rotatable bonds is 5. The molecule has 0 saturated carbocycles. The van der Waals surface area contributed by atoms with Gasteiger partial charge in [-0.2, -0.15) is 0 Å². The number of carboxylic acid groups (broad SMARTS) is 1. The number of anilines is 1. The van der Waals surface area contributed by atoms with E-state index in [1.165, 1.54) is 0 Å². The van der Waals surface area contributed by atoms with Crippen LogP contribution in [0, 0.1) is 6.92 Å². The maximum absolute atomic E-state index is 11.2. The van der Waals surface area contributed by atoms with E-state index in [1.54, 1.807) is 25.1 Å². The number of amides is 1. The van der Waals surface area contributed by atoms with E-state index in [1.807, 2.05) is 0 Å². The highest BCUT2D eigenvalue weighted by atomic mass is 16.5. The standard InChI is InChI=1S/C10H12N2O4/c1-7-3-2-4-8(11-7)12-9(13)5-16-6-10(14)15/h2-4H,5-6H2,1H3,(H,14,15)(H,11,12,13). The van der Waals surface area contributed by atoms with Crippen molar-refractivity contribution in [3.8, 4) is 0 Å². The molecule has 2 N–H and O–H groups in total. The van der Waals surface area contributed by atoms with Crippen molar-refractivity contribution in [3.05, 3.63) is 23.9 Å². The third-order valence-corrected chi connectivity index (χ3v) is 1.61. The fourth-order valence-electron chi connectivity index (χ4n) is 1.02. The van der Waals surface area contributed by atoms with Crippen molar-refractivity contribution in [2.75, 3.05) is 18.5 Å². The summed E-state index contributed by atoms with van der Waals surface area (Å²) in [7, 11) is 0. The number of hydrogen-bond donors (Lipinski definition) is 2. The molecule has 86 valence electrons. The molecule has 6 nitrogen and oxygen atoms in total. The molecule has 1 rings (SSSR count). The number of ether oxygens (including phenoxy) is 1. The number of aromatic nitrogens is 1. The fourth-order valence-corrected chi connectivity index (χ4v) is 1.02. The number of carbonyl (C=O) groups is 2. The van der Waals surface area contributed by atoms with Gasteiger partial charge in [-0.05, 0) is 19.1 Å². The summed E-state index contributed by atoms with van der Waals surface area (Å²) in [4.78, 5) is 25.4. The summed E-state index contributed by atoms with van der Waals surface area (Å²) in [5, 5.41) is 10.8. The normalized spacial score (nSPS) is 9.81. The lowest BCUT2D eigenvalue weighted by atomic mass is 10.4. The zero-order valence-electron chi connectivity index (χ0n) is 8.77. The lowest BCUT2D eigenvalue weighted by molar-refractivity contribution is -0.143. The molecule has 0 aromatic carbocycles. The highest BCUT2D eigenvalue weighted by molar-refractivity contribution is 5.90. The predicted octanol–water partition coefficient (Wildman–Crippen LogP) is 0.430. The van der Waals surface area contributed by atoms with E-state index in [2.05, 4.69) is 15.0 Å². The van der Waals surface area contributed by atoms with E-state index < -0.39 is 18.5 Å². The van der Waals surface area contributed by atoms with Gasteiger partial charge in [0.2, 0.25) is 0 Å². The minimum atomic E-state index is -1.11. The first-order valence-corrected chi connectivity index (χ1v) is 4.61. The molecule has 0 unspecified atom stereocenters. The zero-order chi connectivity index (χ0) is 12.0. The molecule has 0 aliphatic heterocycles. The smallest absolute Gasteiger partial charge is 0.329 e. The molecule has 0 radical (unpaired) electrons. The van der Waals surface area contributed by atoms with Gasteiger partial charge in [0.25, 0.3) is 5.91 Å². The van der Waals surface area contributed by atoms with Crippen molar-refractivity contribution in [2.45, 2.75) is 6.92 Å². The molecule has 0 bridgehead atoms. The van der Waals surface area contributed by atoms with Gasteiger partial charge in [-0.15, -0.1) is 0 Å². The van der Waals surface area contributed by atoms with Gasteiger partial charge in [-0.3, -0.25) is 4.79 Å². The van der Waals surface area contributed by atoms with Crippen LogP contribution in [0.15, 0.2) is 18.2 Å². The zero-order valence-corrected chi connectivity index (χ0v) is 8.77. The van der Waals surface area contributed by atoms with Crippen LogP contribution in [0.25, 0.3) is 0 Å². The van der Waals surface area contributed by atoms with Crippen LogP contribution in [0.4, 0.5) is 5.82 Å². The molecule has 0 fully saturated rings. The monoisotopic (exact) mass is 224 g/mol. The van der Waals surface area contributed by atoms with Crippen LogP contribution in [0.3, 0.4) is 0 Å². The van der Waals surface area contributed by atoms with Gasteiger partial charge < -0.3 is 15.2 Å². The first kappa shape index (κ1) is 12.1. The molecule has 0 spiro atoms. The average Bonchev–Trinajstić information content (AvgIpc) is 2.16. The van der Waals surface area contributed by atoms with Gasteiger partial charge in [0.15, 0.2) is 0 Å². The number of carboxylic acids is 1. The highest BCUT2D eigenvalue weighted by Gasteiger charge is 2.04. The minimum Gasteiger partial charge on any atom is -0.480 e.